The van der Waals surface area contributed by atoms with Crippen molar-refractivity contribution in [1.82, 2.24) is 9.62 Å². The van der Waals surface area contributed by atoms with E-state index in [2.05, 4.69) is 5.32 Å². The Balaban J connectivity index is 1.86. The zero-order valence-electron chi connectivity index (χ0n) is 11.3. The molecule has 1 saturated heterocycles. The lowest BCUT2D eigenvalue weighted by molar-refractivity contribution is 0.289. The van der Waals surface area contributed by atoms with Gasteiger partial charge in [0.15, 0.2) is 0 Å². The van der Waals surface area contributed by atoms with Crippen molar-refractivity contribution in [3.63, 3.8) is 0 Å². The van der Waals surface area contributed by atoms with Crippen LogP contribution in [0.4, 0.5) is 4.39 Å². The fourth-order valence-electron chi connectivity index (χ4n) is 2.33. The van der Waals surface area contributed by atoms with Gasteiger partial charge in [0, 0.05) is 31.2 Å². The van der Waals surface area contributed by atoms with E-state index in [4.69, 9.17) is 11.6 Å². The first kappa shape index (κ1) is 15.7. The number of hydrogen-bond acceptors (Lipinski definition) is 3. The lowest BCUT2D eigenvalue weighted by Gasteiger charge is -2.30. The SMILES string of the molecule is CS(=O)(=O)N1CCC(NCc2cccc(Cl)c2F)CC1. The summed E-state index contributed by atoms with van der Waals surface area (Å²) in [5.74, 6) is -0.393. The summed E-state index contributed by atoms with van der Waals surface area (Å²) in [6.07, 6.45) is 2.69. The zero-order chi connectivity index (χ0) is 14.8. The third-order valence-electron chi connectivity index (χ3n) is 3.54. The molecule has 0 radical (unpaired) electrons. The van der Waals surface area contributed by atoms with E-state index in [1.165, 1.54) is 16.6 Å². The van der Waals surface area contributed by atoms with Gasteiger partial charge >= 0.3 is 0 Å². The molecule has 1 heterocycles. The van der Waals surface area contributed by atoms with Crippen molar-refractivity contribution in [2.24, 2.45) is 0 Å². The van der Waals surface area contributed by atoms with Crippen molar-refractivity contribution in [2.75, 3.05) is 19.3 Å². The van der Waals surface area contributed by atoms with Gasteiger partial charge in [-0.3, -0.25) is 0 Å². The van der Waals surface area contributed by atoms with Gasteiger partial charge in [-0.1, -0.05) is 23.7 Å². The number of nitrogens with one attached hydrogen (secondary N) is 1. The zero-order valence-corrected chi connectivity index (χ0v) is 12.8. The average molecular weight is 321 g/mol. The molecule has 1 N–H and O–H groups in total. The second-order valence-electron chi connectivity index (χ2n) is 5.03. The molecule has 1 aliphatic heterocycles. The number of hydrogen-bond donors (Lipinski definition) is 1. The molecule has 0 aromatic heterocycles. The number of benzene rings is 1. The molecule has 7 heteroatoms. The van der Waals surface area contributed by atoms with E-state index in [0.717, 1.165) is 12.8 Å². The Labute approximate surface area is 124 Å². The van der Waals surface area contributed by atoms with E-state index in [-0.39, 0.29) is 11.1 Å². The van der Waals surface area contributed by atoms with Gasteiger partial charge in [-0.05, 0) is 18.9 Å². The summed E-state index contributed by atoms with van der Waals surface area (Å²) in [5.41, 5.74) is 0.531. The molecule has 112 valence electrons. The molecular weight excluding hydrogens is 303 g/mol. The topological polar surface area (TPSA) is 49.4 Å². The van der Waals surface area contributed by atoms with Crippen LogP contribution in [0.3, 0.4) is 0 Å². The van der Waals surface area contributed by atoms with Crippen molar-refractivity contribution >= 4 is 21.6 Å². The highest BCUT2D eigenvalue weighted by atomic mass is 35.5. The van der Waals surface area contributed by atoms with Crippen LogP contribution >= 0.6 is 11.6 Å². The van der Waals surface area contributed by atoms with Crippen LogP contribution in [0.1, 0.15) is 18.4 Å². The maximum absolute atomic E-state index is 13.7. The summed E-state index contributed by atoms with van der Waals surface area (Å²) >= 11 is 5.73. The van der Waals surface area contributed by atoms with Gasteiger partial charge in [-0.15, -0.1) is 0 Å². The molecule has 0 amide bonds. The molecule has 0 bridgehead atoms. The van der Waals surface area contributed by atoms with Crippen LogP contribution in [0.15, 0.2) is 18.2 Å². The van der Waals surface area contributed by atoms with Gasteiger partial charge in [-0.25, -0.2) is 17.1 Å². The van der Waals surface area contributed by atoms with E-state index in [1.54, 1.807) is 12.1 Å². The molecule has 20 heavy (non-hydrogen) atoms. The molecule has 0 unspecified atom stereocenters. The van der Waals surface area contributed by atoms with Crippen molar-refractivity contribution in [3.05, 3.63) is 34.6 Å². The molecule has 4 nitrogen and oxygen atoms in total. The summed E-state index contributed by atoms with van der Waals surface area (Å²) < 4.78 is 38.0. The lowest BCUT2D eigenvalue weighted by atomic mass is 10.1. The highest BCUT2D eigenvalue weighted by Gasteiger charge is 2.24. The standard InChI is InChI=1S/C13H18ClFN2O2S/c1-20(18,19)17-7-5-11(6-8-17)16-9-10-3-2-4-12(14)13(10)15/h2-4,11,16H,5-9H2,1H3. The normalized spacial score (nSPS) is 18.4. The van der Waals surface area contributed by atoms with Crippen LogP contribution in [0, 0.1) is 5.82 Å². The summed E-state index contributed by atoms with van der Waals surface area (Å²) in [7, 11) is -3.10. The Morgan fingerprint density at radius 2 is 2.05 bits per heavy atom. The van der Waals surface area contributed by atoms with Crippen molar-refractivity contribution in [2.45, 2.75) is 25.4 Å². The second-order valence-corrected chi connectivity index (χ2v) is 7.42. The van der Waals surface area contributed by atoms with Crippen LogP contribution in [-0.2, 0) is 16.6 Å². The summed E-state index contributed by atoms with van der Waals surface area (Å²) in [6, 6.07) is 5.13. The fraction of sp³-hybridized carbons (Fsp3) is 0.538. The first-order valence-electron chi connectivity index (χ1n) is 6.49. The Morgan fingerprint density at radius 1 is 1.40 bits per heavy atom. The van der Waals surface area contributed by atoms with Crippen LogP contribution in [0.25, 0.3) is 0 Å². The largest absolute Gasteiger partial charge is 0.310 e. The maximum atomic E-state index is 13.7. The van der Waals surface area contributed by atoms with E-state index < -0.39 is 15.8 Å². The Kier molecular flexibility index (Phi) is 5.01. The van der Waals surface area contributed by atoms with Gasteiger partial charge in [0.05, 0.1) is 11.3 Å². The quantitative estimate of drug-likeness (QED) is 0.923. The van der Waals surface area contributed by atoms with Gasteiger partial charge in [0.2, 0.25) is 10.0 Å². The highest BCUT2D eigenvalue weighted by Crippen LogP contribution is 2.19. The number of nitrogens with zero attached hydrogens (tertiary/aromatic N) is 1. The summed E-state index contributed by atoms with van der Waals surface area (Å²) in [4.78, 5) is 0. The lowest BCUT2D eigenvalue weighted by Crippen LogP contribution is -2.44. The fourth-order valence-corrected chi connectivity index (χ4v) is 3.40. The van der Waals surface area contributed by atoms with Crippen LogP contribution in [-0.4, -0.2) is 38.1 Å². The molecule has 0 spiro atoms. The Morgan fingerprint density at radius 3 is 2.65 bits per heavy atom. The molecule has 0 atom stereocenters. The average Bonchev–Trinajstić information content (AvgIpc) is 2.40. The molecule has 2 rings (SSSR count). The Bertz CT molecular complexity index is 572. The predicted octanol–water partition coefficient (Wildman–Crippen LogP) is 1.99. The first-order chi connectivity index (χ1) is 9.38. The number of rotatable bonds is 4. The maximum Gasteiger partial charge on any atom is 0.211 e. The van der Waals surface area contributed by atoms with Gasteiger partial charge in [0.25, 0.3) is 0 Å². The minimum Gasteiger partial charge on any atom is -0.310 e. The predicted molar refractivity (Wildman–Crippen MR) is 77.7 cm³/mol. The molecule has 0 saturated carbocycles. The minimum atomic E-state index is -3.10. The molecule has 1 aliphatic rings. The molecule has 1 fully saturated rings. The van der Waals surface area contributed by atoms with Crippen molar-refractivity contribution < 1.29 is 12.8 Å². The number of sulfonamides is 1. The molecule has 1 aromatic carbocycles. The molecule has 1 aromatic rings. The minimum absolute atomic E-state index is 0.121. The van der Waals surface area contributed by atoms with Crippen LogP contribution < -0.4 is 5.32 Å². The van der Waals surface area contributed by atoms with Crippen LogP contribution in [0.2, 0.25) is 5.02 Å². The summed E-state index contributed by atoms with van der Waals surface area (Å²) in [6.45, 7) is 1.42. The van der Waals surface area contributed by atoms with E-state index >= 15 is 0 Å². The van der Waals surface area contributed by atoms with E-state index in [9.17, 15) is 12.8 Å². The first-order valence-corrected chi connectivity index (χ1v) is 8.72. The molecular formula is C13H18ClFN2O2S. The Hall–Kier alpha value is -0.690. The van der Waals surface area contributed by atoms with Gasteiger partial charge in [0.1, 0.15) is 5.82 Å². The highest BCUT2D eigenvalue weighted by molar-refractivity contribution is 7.88. The monoisotopic (exact) mass is 320 g/mol. The van der Waals surface area contributed by atoms with Gasteiger partial charge in [-0.2, -0.15) is 0 Å². The molecule has 0 aliphatic carbocycles. The van der Waals surface area contributed by atoms with Crippen molar-refractivity contribution in [1.29, 1.82) is 0 Å². The summed E-state index contributed by atoms with van der Waals surface area (Å²) in [5, 5.41) is 3.38. The second kappa shape index (κ2) is 6.39. The number of halogens is 2. The third kappa shape index (κ3) is 3.91. The van der Waals surface area contributed by atoms with E-state index in [0.29, 0.717) is 25.2 Å². The van der Waals surface area contributed by atoms with Crippen LogP contribution in [0.5, 0.6) is 0 Å². The van der Waals surface area contributed by atoms with Gasteiger partial charge < -0.3 is 5.32 Å². The van der Waals surface area contributed by atoms with E-state index in [1.807, 2.05) is 0 Å². The third-order valence-corrected chi connectivity index (χ3v) is 5.13. The van der Waals surface area contributed by atoms with Crippen molar-refractivity contribution in [3.8, 4) is 0 Å². The number of piperidine rings is 1. The smallest absolute Gasteiger partial charge is 0.211 e.